The van der Waals surface area contributed by atoms with Crippen molar-refractivity contribution in [1.82, 2.24) is 20.9 Å². The van der Waals surface area contributed by atoms with Crippen molar-refractivity contribution in [3.05, 3.63) is 0 Å². The van der Waals surface area contributed by atoms with Gasteiger partial charge in [-0.1, -0.05) is 6.92 Å². The van der Waals surface area contributed by atoms with Crippen molar-refractivity contribution < 1.29 is 38.3 Å². The minimum absolute atomic E-state index is 0.0748. The summed E-state index contributed by atoms with van der Waals surface area (Å²) >= 11 is 0. The lowest BCUT2D eigenvalue weighted by atomic mass is 10.4. The van der Waals surface area contributed by atoms with E-state index in [1.165, 1.54) is 0 Å². The first-order valence-corrected chi connectivity index (χ1v) is 11.1. The molecule has 0 saturated heterocycles. The molecule has 0 spiro atoms. The van der Waals surface area contributed by atoms with E-state index in [0.717, 1.165) is 6.54 Å². The quantitative estimate of drug-likeness (QED) is 0.131. The van der Waals surface area contributed by atoms with E-state index >= 15 is 0 Å². The van der Waals surface area contributed by atoms with Crippen molar-refractivity contribution in [1.29, 1.82) is 0 Å². The lowest BCUT2D eigenvalue weighted by Crippen LogP contribution is -2.41. The lowest BCUT2D eigenvalue weighted by molar-refractivity contribution is -0.123. The number of hydrogen-bond donors (Lipinski definition) is 7. The highest BCUT2D eigenvalue weighted by Crippen LogP contribution is 2.40. The standard InChI is InChI=1S/C11H26N4O8P2/c1-2-12-4-3-10(16)13-5-6-14-11(17)7-15(8-24(18,19)20)9-25(21,22)23/h12H,2-9H2,1H3,(H,13,16)(H,14,17)(H2,18,19,20)(H2,21,22,23). The maximum absolute atomic E-state index is 11.7. The van der Waals surface area contributed by atoms with Gasteiger partial charge in [0.05, 0.1) is 6.54 Å². The van der Waals surface area contributed by atoms with Crippen LogP contribution in [0.5, 0.6) is 0 Å². The Kier molecular flexibility index (Phi) is 11.3. The number of nitrogens with zero attached hydrogens (tertiary/aromatic N) is 1. The Labute approximate surface area is 145 Å². The molecule has 0 bridgehead atoms. The number of carbonyl (C=O) groups excluding carboxylic acids is 2. The smallest absolute Gasteiger partial charge is 0.339 e. The number of hydrogen-bond acceptors (Lipinski definition) is 6. The molecule has 0 atom stereocenters. The summed E-state index contributed by atoms with van der Waals surface area (Å²) in [6.45, 7) is 2.84. The molecule has 0 aromatic heterocycles. The predicted octanol–water partition coefficient (Wildman–Crippen LogP) is -2.21. The highest BCUT2D eigenvalue weighted by molar-refractivity contribution is 7.52. The molecule has 12 nitrogen and oxygen atoms in total. The normalized spacial score (nSPS) is 12.2. The van der Waals surface area contributed by atoms with Crippen LogP contribution >= 0.6 is 15.2 Å². The van der Waals surface area contributed by atoms with Crippen molar-refractivity contribution in [2.24, 2.45) is 0 Å². The largest absolute Gasteiger partial charge is 0.354 e. The van der Waals surface area contributed by atoms with Crippen molar-refractivity contribution in [2.45, 2.75) is 13.3 Å². The molecule has 0 heterocycles. The van der Waals surface area contributed by atoms with E-state index in [4.69, 9.17) is 19.6 Å². The second-order valence-electron chi connectivity index (χ2n) is 5.24. The zero-order valence-corrected chi connectivity index (χ0v) is 15.7. The van der Waals surface area contributed by atoms with Crippen molar-refractivity contribution in [3.63, 3.8) is 0 Å². The Morgan fingerprint density at radius 2 is 1.36 bits per heavy atom. The molecule has 0 aliphatic carbocycles. The van der Waals surface area contributed by atoms with Crippen LogP contribution in [0.4, 0.5) is 0 Å². The molecule has 7 N–H and O–H groups in total. The maximum atomic E-state index is 11.7. The molecule has 0 aromatic rings. The zero-order valence-electron chi connectivity index (χ0n) is 13.9. The Hall–Kier alpha value is -0.840. The molecule has 0 rings (SSSR count). The highest BCUT2D eigenvalue weighted by atomic mass is 31.2. The average molecular weight is 404 g/mol. The Morgan fingerprint density at radius 3 is 1.80 bits per heavy atom. The van der Waals surface area contributed by atoms with Gasteiger partial charge in [-0.2, -0.15) is 0 Å². The van der Waals surface area contributed by atoms with E-state index < -0.39 is 40.2 Å². The van der Waals surface area contributed by atoms with Gasteiger partial charge in [0.1, 0.15) is 12.6 Å². The van der Waals surface area contributed by atoms with Gasteiger partial charge in [0, 0.05) is 26.1 Å². The van der Waals surface area contributed by atoms with Gasteiger partial charge >= 0.3 is 15.2 Å². The maximum Gasteiger partial charge on any atom is 0.339 e. The van der Waals surface area contributed by atoms with Crippen molar-refractivity contribution >= 4 is 27.0 Å². The first-order valence-electron chi connectivity index (χ1n) is 7.48. The number of rotatable bonds is 13. The number of carbonyl (C=O) groups is 2. The monoisotopic (exact) mass is 404 g/mol. The second kappa shape index (κ2) is 11.7. The summed E-state index contributed by atoms with van der Waals surface area (Å²) in [7, 11) is -9.17. The molecular formula is C11H26N4O8P2. The minimum Gasteiger partial charge on any atom is -0.354 e. The average Bonchev–Trinajstić information content (AvgIpc) is 2.40. The van der Waals surface area contributed by atoms with Crippen LogP contribution in [-0.4, -0.2) is 81.6 Å². The highest BCUT2D eigenvalue weighted by Gasteiger charge is 2.27. The molecule has 2 amide bonds. The first-order chi connectivity index (χ1) is 11.4. The summed E-state index contributed by atoms with van der Waals surface area (Å²) in [5, 5.41) is 7.94. The fourth-order valence-corrected chi connectivity index (χ4v) is 3.40. The lowest BCUT2D eigenvalue weighted by Gasteiger charge is -2.22. The predicted molar refractivity (Wildman–Crippen MR) is 89.7 cm³/mol. The molecule has 25 heavy (non-hydrogen) atoms. The van der Waals surface area contributed by atoms with Gasteiger partial charge in [0.25, 0.3) is 0 Å². The molecule has 0 aromatic carbocycles. The van der Waals surface area contributed by atoms with Crippen LogP contribution in [0.1, 0.15) is 13.3 Å². The molecule has 0 aliphatic heterocycles. The molecular weight excluding hydrogens is 378 g/mol. The van der Waals surface area contributed by atoms with Crippen LogP contribution in [0.25, 0.3) is 0 Å². The summed E-state index contributed by atoms with van der Waals surface area (Å²) in [6, 6.07) is 0. The van der Waals surface area contributed by atoms with E-state index in [9.17, 15) is 18.7 Å². The topological polar surface area (TPSA) is 189 Å². The van der Waals surface area contributed by atoms with Crippen molar-refractivity contribution in [2.75, 3.05) is 45.3 Å². The van der Waals surface area contributed by atoms with E-state index in [-0.39, 0.29) is 19.0 Å². The molecule has 0 fully saturated rings. The van der Waals surface area contributed by atoms with E-state index in [2.05, 4.69) is 16.0 Å². The summed E-state index contributed by atoms with van der Waals surface area (Å²) < 4.78 is 21.9. The van der Waals surface area contributed by atoms with E-state index in [1.807, 2.05) is 6.92 Å². The van der Waals surface area contributed by atoms with Gasteiger partial charge in [-0.05, 0) is 6.54 Å². The molecule has 0 aliphatic rings. The third-order valence-corrected chi connectivity index (χ3v) is 4.22. The molecule has 0 unspecified atom stereocenters. The molecule has 14 heteroatoms. The second-order valence-corrected chi connectivity index (χ2v) is 8.47. The van der Waals surface area contributed by atoms with Gasteiger partial charge in [0.15, 0.2) is 0 Å². The fourth-order valence-electron chi connectivity index (χ4n) is 1.80. The Bertz CT molecular complexity index is 496. The van der Waals surface area contributed by atoms with Gasteiger partial charge in [-0.15, -0.1) is 0 Å². The van der Waals surface area contributed by atoms with Crippen molar-refractivity contribution in [3.8, 4) is 0 Å². The fraction of sp³-hybridized carbons (Fsp3) is 0.818. The van der Waals surface area contributed by atoms with Gasteiger partial charge < -0.3 is 35.5 Å². The third kappa shape index (κ3) is 16.4. The van der Waals surface area contributed by atoms with E-state index in [1.54, 1.807) is 0 Å². The van der Waals surface area contributed by atoms with Crippen LogP contribution in [-0.2, 0) is 18.7 Å². The van der Waals surface area contributed by atoms with E-state index in [0.29, 0.717) is 17.9 Å². The summed E-state index contributed by atoms with van der Waals surface area (Å²) in [5.74, 6) is -0.872. The zero-order chi connectivity index (χ0) is 19.5. The summed E-state index contributed by atoms with van der Waals surface area (Å²) in [5.41, 5.74) is 0. The van der Waals surface area contributed by atoms with Crippen LogP contribution in [0.2, 0.25) is 0 Å². The third-order valence-electron chi connectivity index (χ3n) is 2.68. The van der Waals surface area contributed by atoms with Gasteiger partial charge in [-0.3, -0.25) is 23.6 Å². The Morgan fingerprint density at radius 1 is 0.880 bits per heavy atom. The van der Waals surface area contributed by atoms with Gasteiger partial charge in [0.2, 0.25) is 11.8 Å². The molecule has 0 saturated carbocycles. The molecule has 148 valence electrons. The minimum atomic E-state index is -4.58. The summed E-state index contributed by atoms with van der Waals surface area (Å²) in [4.78, 5) is 59.4. The number of nitrogens with one attached hydrogen (secondary N) is 3. The number of amides is 2. The first kappa shape index (κ1) is 24.2. The van der Waals surface area contributed by atoms with Gasteiger partial charge in [-0.25, -0.2) is 0 Å². The molecule has 0 radical (unpaired) electrons. The van der Waals surface area contributed by atoms with Crippen LogP contribution in [0.15, 0.2) is 0 Å². The van der Waals surface area contributed by atoms with Crippen LogP contribution < -0.4 is 16.0 Å². The Balaban J connectivity index is 4.19. The van der Waals surface area contributed by atoms with Crippen LogP contribution in [0.3, 0.4) is 0 Å². The van der Waals surface area contributed by atoms with Crippen LogP contribution in [0, 0.1) is 0 Å². The summed E-state index contributed by atoms with van der Waals surface area (Å²) in [6.07, 6.45) is -1.61. The SMILES string of the molecule is CCNCCC(=O)NCCNC(=O)CN(CP(=O)(O)O)CP(=O)(O)O.